The van der Waals surface area contributed by atoms with Crippen molar-refractivity contribution in [3.8, 4) is 5.88 Å². The molecule has 4 aromatic rings. The number of pyridine rings is 1. The fraction of sp³-hybridized carbons (Fsp3) is 0.595. The Balaban J connectivity index is 1.11. The Morgan fingerprint density at radius 2 is 1.77 bits per heavy atom. The van der Waals surface area contributed by atoms with E-state index in [4.69, 9.17) is 9.72 Å². The number of likely N-dealkylation sites (tertiary alicyclic amines) is 1. The third-order valence-corrected chi connectivity index (χ3v) is 14.4. The number of nitrogens with one attached hydrogen (secondary N) is 1. The third kappa shape index (κ3) is 6.98. The maximum Gasteiger partial charge on any atom is 0.248 e. The highest BCUT2D eigenvalue weighted by Gasteiger charge is 2.53. The molecule has 2 aromatic heterocycles. The number of sulfonamides is 1. The first-order valence-corrected chi connectivity index (χ1v) is 21.4. The number of nitrogens with zero attached hydrogens (tertiary/aromatic N) is 6. The first kappa shape index (κ1) is 36.4. The molecule has 53 heavy (non-hydrogen) atoms. The molecule has 4 heterocycles. The minimum Gasteiger partial charge on any atom is -0.469 e. The van der Waals surface area contributed by atoms with Gasteiger partial charge in [0.2, 0.25) is 15.9 Å². The third-order valence-electron chi connectivity index (χ3n) is 12.6. The maximum absolute atomic E-state index is 14.6. The standard InChI is InChI=1S/C42H57N7O3S/c1-8-41(6,7)37(34-16-17-35-38(30(34)5)45-46-49(35)33-14-15-33)31-13-12-27(2)32(23-31)25-48-26-42(18-19-42)52-40-36(53(48,50)51)22-28(3)39(44-40)43-29(4)24-47-20-10-9-11-21-47/h12-13,16-17,22-23,29,33,37H,8-11,14-15,18-21,24-26H2,1-7H3,(H,43,44)/t29-,37?/m0/s1. The lowest BCUT2D eigenvalue weighted by Gasteiger charge is -2.36. The van der Waals surface area contributed by atoms with E-state index in [9.17, 15) is 8.42 Å². The van der Waals surface area contributed by atoms with Crippen LogP contribution in [-0.4, -0.2) is 75.4 Å². The van der Waals surface area contributed by atoms with Gasteiger partial charge in [-0.1, -0.05) is 63.1 Å². The Kier molecular flexibility index (Phi) is 9.38. The van der Waals surface area contributed by atoms with E-state index < -0.39 is 15.6 Å². The van der Waals surface area contributed by atoms with Gasteiger partial charge in [-0.25, -0.2) is 13.1 Å². The molecular formula is C42H57N7O3S. The number of fused-ring (bicyclic) bond motifs is 2. The van der Waals surface area contributed by atoms with Crippen LogP contribution in [0.3, 0.4) is 0 Å². The van der Waals surface area contributed by atoms with Gasteiger partial charge in [-0.15, -0.1) is 5.10 Å². The van der Waals surface area contributed by atoms with Crippen LogP contribution in [0.15, 0.2) is 41.3 Å². The van der Waals surface area contributed by atoms with E-state index in [2.05, 4.69) is 97.1 Å². The molecule has 2 aliphatic heterocycles. The van der Waals surface area contributed by atoms with Crippen molar-refractivity contribution in [3.05, 3.63) is 69.8 Å². The Morgan fingerprint density at radius 1 is 1.02 bits per heavy atom. The summed E-state index contributed by atoms with van der Waals surface area (Å²) in [6.07, 6.45) is 8.71. The SMILES string of the molecule is CCC(C)(C)C(c1ccc(C)c(CN2CC3(CC3)Oc3nc(N[C@@H](C)CN4CCCCC4)c(C)cc3S2(=O)=O)c1)c1ccc2c(nnn2C2CC2)c1C. The fourth-order valence-electron chi connectivity index (χ4n) is 8.65. The predicted molar refractivity (Wildman–Crippen MR) is 210 cm³/mol. The van der Waals surface area contributed by atoms with Gasteiger partial charge in [0.05, 0.1) is 18.1 Å². The molecule has 284 valence electrons. The predicted octanol–water partition coefficient (Wildman–Crippen LogP) is 8.06. The Labute approximate surface area is 315 Å². The van der Waals surface area contributed by atoms with E-state index in [1.807, 2.05) is 6.92 Å². The van der Waals surface area contributed by atoms with Crippen LogP contribution in [0.4, 0.5) is 5.82 Å². The van der Waals surface area contributed by atoms with Gasteiger partial charge in [0.15, 0.2) is 0 Å². The lowest BCUT2D eigenvalue weighted by Crippen LogP contribution is -2.38. The number of anilines is 1. The van der Waals surface area contributed by atoms with Crippen LogP contribution in [0, 0.1) is 26.2 Å². The summed E-state index contributed by atoms with van der Waals surface area (Å²) in [6.45, 7) is 19.1. The molecule has 1 unspecified atom stereocenters. The van der Waals surface area contributed by atoms with Gasteiger partial charge in [-0.05, 0) is 130 Å². The average molecular weight is 740 g/mol. The van der Waals surface area contributed by atoms with E-state index >= 15 is 0 Å². The summed E-state index contributed by atoms with van der Waals surface area (Å²) in [6, 6.07) is 13.5. The molecule has 1 spiro atoms. The molecule has 3 fully saturated rings. The monoisotopic (exact) mass is 739 g/mol. The molecule has 1 N–H and O–H groups in total. The molecule has 1 saturated heterocycles. The molecule has 2 atom stereocenters. The van der Waals surface area contributed by atoms with Gasteiger partial charge in [0.1, 0.15) is 21.8 Å². The van der Waals surface area contributed by atoms with Crippen LogP contribution in [0.5, 0.6) is 5.88 Å². The van der Waals surface area contributed by atoms with Crippen LogP contribution in [0.1, 0.15) is 124 Å². The molecular weight excluding hydrogens is 683 g/mol. The Morgan fingerprint density at radius 3 is 2.47 bits per heavy atom. The zero-order valence-electron chi connectivity index (χ0n) is 32.7. The van der Waals surface area contributed by atoms with Crippen LogP contribution in [-0.2, 0) is 16.6 Å². The molecule has 4 aliphatic rings. The number of aromatic nitrogens is 4. The summed E-state index contributed by atoms with van der Waals surface area (Å²) < 4.78 is 39.6. The smallest absolute Gasteiger partial charge is 0.248 e. The molecule has 10 nitrogen and oxygen atoms in total. The van der Waals surface area contributed by atoms with Crippen LogP contribution in [0.2, 0.25) is 0 Å². The number of rotatable bonds is 11. The van der Waals surface area contributed by atoms with Crippen molar-refractivity contribution in [2.45, 2.75) is 135 Å². The number of piperidine rings is 1. The summed E-state index contributed by atoms with van der Waals surface area (Å²) in [5.41, 5.74) is 7.94. The second kappa shape index (κ2) is 13.6. The summed E-state index contributed by atoms with van der Waals surface area (Å²) in [7, 11) is -3.91. The second-order valence-electron chi connectivity index (χ2n) is 17.3. The van der Waals surface area contributed by atoms with E-state index in [1.54, 1.807) is 10.4 Å². The van der Waals surface area contributed by atoms with Gasteiger partial charge in [-0.3, -0.25) is 0 Å². The summed E-state index contributed by atoms with van der Waals surface area (Å²) in [5.74, 6) is 1.00. The Bertz CT molecular complexity index is 2130. The molecule has 0 bridgehead atoms. The van der Waals surface area contributed by atoms with Crippen molar-refractivity contribution < 1.29 is 13.2 Å². The van der Waals surface area contributed by atoms with Gasteiger partial charge >= 0.3 is 0 Å². The number of hydrogen-bond donors (Lipinski definition) is 1. The van der Waals surface area contributed by atoms with Crippen LogP contribution < -0.4 is 10.1 Å². The van der Waals surface area contributed by atoms with Crippen molar-refractivity contribution in [2.75, 3.05) is 31.5 Å². The molecule has 2 saturated carbocycles. The summed E-state index contributed by atoms with van der Waals surface area (Å²) in [5, 5.41) is 12.8. The van der Waals surface area contributed by atoms with E-state index in [-0.39, 0.29) is 34.7 Å². The van der Waals surface area contributed by atoms with Gasteiger partial charge in [0.25, 0.3) is 0 Å². The van der Waals surface area contributed by atoms with Gasteiger partial charge in [-0.2, -0.15) is 9.29 Å². The quantitative estimate of drug-likeness (QED) is 0.165. The second-order valence-corrected chi connectivity index (χ2v) is 19.2. The van der Waals surface area contributed by atoms with Crippen molar-refractivity contribution in [1.29, 1.82) is 0 Å². The highest BCUT2D eigenvalue weighted by molar-refractivity contribution is 7.89. The Hall–Kier alpha value is -3.54. The minimum absolute atomic E-state index is 0.0722. The molecule has 0 radical (unpaired) electrons. The summed E-state index contributed by atoms with van der Waals surface area (Å²) in [4.78, 5) is 7.54. The topological polar surface area (TPSA) is 105 Å². The normalized spacial score (nSPS) is 21.2. The van der Waals surface area contributed by atoms with Gasteiger partial charge in [0, 0.05) is 25.0 Å². The number of ether oxygens (including phenoxy) is 1. The van der Waals surface area contributed by atoms with E-state index in [0.29, 0.717) is 18.4 Å². The number of hydrogen-bond acceptors (Lipinski definition) is 8. The fourth-order valence-corrected chi connectivity index (χ4v) is 10.3. The molecule has 8 rings (SSSR count). The lowest BCUT2D eigenvalue weighted by molar-refractivity contribution is 0.144. The first-order chi connectivity index (χ1) is 25.3. The van der Waals surface area contributed by atoms with Gasteiger partial charge < -0.3 is 15.0 Å². The van der Waals surface area contributed by atoms with Crippen molar-refractivity contribution in [2.24, 2.45) is 5.41 Å². The van der Waals surface area contributed by atoms with E-state index in [1.165, 1.54) is 36.0 Å². The van der Waals surface area contributed by atoms with E-state index in [0.717, 1.165) is 79.5 Å². The molecule has 11 heteroatoms. The maximum atomic E-state index is 14.6. The van der Waals surface area contributed by atoms with Crippen molar-refractivity contribution in [3.63, 3.8) is 0 Å². The van der Waals surface area contributed by atoms with Crippen LogP contribution in [0.25, 0.3) is 11.0 Å². The van der Waals surface area contributed by atoms with Crippen molar-refractivity contribution >= 4 is 26.9 Å². The highest BCUT2D eigenvalue weighted by atomic mass is 32.2. The first-order valence-electron chi connectivity index (χ1n) is 19.9. The molecule has 2 aliphatic carbocycles. The van der Waals surface area contributed by atoms with Crippen molar-refractivity contribution in [1.82, 2.24) is 29.2 Å². The largest absolute Gasteiger partial charge is 0.469 e. The zero-order valence-corrected chi connectivity index (χ0v) is 33.5. The van der Waals surface area contributed by atoms with Crippen LogP contribution >= 0.6 is 0 Å². The number of benzene rings is 2. The zero-order chi connectivity index (χ0) is 37.3. The summed E-state index contributed by atoms with van der Waals surface area (Å²) >= 11 is 0. The minimum atomic E-state index is -3.91. The molecule has 0 amide bonds. The molecule has 2 aromatic carbocycles. The highest BCUT2D eigenvalue weighted by Crippen LogP contribution is 2.48. The number of aryl methyl sites for hydroxylation is 3. The lowest BCUT2D eigenvalue weighted by atomic mass is 9.68. The average Bonchev–Trinajstić information content (AvgIpc) is 4.07.